The van der Waals surface area contributed by atoms with E-state index in [1.807, 2.05) is 0 Å². The van der Waals surface area contributed by atoms with Gasteiger partial charge in [-0.1, -0.05) is 6.07 Å². The van der Waals surface area contributed by atoms with Crippen molar-refractivity contribution in [2.24, 2.45) is 0 Å². The summed E-state index contributed by atoms with van der Waals surface area (Å²) in [6, 6.07) is 10.1. The number of pyridine rings is 2. The molecule has 0 radical (unpaired) electrons. The van der Waals surface area contributed by atoms with Gasteiger partial charge in [-0.2, -0.15) is 13.2 Å². The molecule has 3 aromatic rings. The number of hydrogen-bond donors (Lipinski definition) is 0. The summed E-state index contributed by atoms with van der Waals surface area (Å²) in [5.41, 5.74) is -0.246. The normalized spacial score (nSPS) is 14.8. The molecule has 0 saturated carbocycles. The van der Waals surface area contributed by atoms with Crippen LogP contribution < -0.4 is 5.56 Å². The van der Waals surface area contributed by atoms with Crippen LogP contribution in [0, 0.1) is 0 Å². The van der Waals surface area contributed by atoms with Crippen LogP contribution in [0.3, 0.4) is 0 Å². The van der Waals surface area contributed by atoms with Gasteiger partial charge in [0.1, 0.15) is 5.65 Å². The summed E-state index contributed by atoms with van der Waals surface area (Å²) >= 11 is 0. The Morgan fingerprint density at radius 2 is 1.89 bits per heavy atom. The van der Waals surface area contributed by atoms with Crippen molar-refractivity contribution in [3.63, 3.8) is 0 Å². The van der Waals surface area contributed by atoms with Gasteiger partial charge in [0, 0.05) is 49.9 Å². The zero-order valence-electron chi connectivity index (χ0n) is 20.7. The SMILES string of the molecule is CCOC(=O)N(C)C1CCN(CCc2cc3cccnc3n(-c3cccc(C(F)(F)F)c3)c2=O)CC1.Cl. The fourth-order valence-corrected chi connectivity index (χ4v) is 4.62. The largest absolute Gasteiger partial charge is 0.450 e. The zero-order chi connectivity index (χ0) is 25.9. The Labute approximate surface area is 219 Å². The molecule has 0 aliphatic carbocycles. The first-order valence-electron chi connectivity index (χ1n) is 12.0. The summed E-state index contributed by atoms with van der Waals surface area (Å²) in [4.78, 5) is 33.6. The van der Waals surface area contributed by atoms with Gasteiger partial charge >= 0.3 is 12.3 Å². The summed E-state index contributed by atoms with van der Waals surface area (Å²) in [5, 5.41) is 0.680. The minimum Gasteiger partial charge on any atom is -0.450 e. The lowest BCUT2D eigenvalue weighted by atomic mass is 10.0. The minimum absolute atomic E-state index is 0. The molecule has 0 N–H and O–H groups in total. The molecule has 0 atom stereocenters. The molecular formula is C26H30ClF3N4O3. The minimum atomic E-state index is -4.52. The van der Waals surface area contributed by atoms with E-state index < -0.39 is 11.7 Å². The Balaban J connectivity index is 0.00000380. The van der Waals surface area contributed by atoms with Crippen LogP contribution in [0.1, 0.15) is 30.9 Å². The number of carbonyl (C=O) groups is 1. The van der Waals surface area contributed by atoms with Gasteiger partial charge in [-0.25, -0.2) is 9.78 Å². The van der Waals surface area contributed by atoms with Crippen LogP contribution in [0.5, 0.6) is 0 Å². The highest BCUT2D eigenvalue weighted by Crippen LogP contribution is 2.30. The Morgan fingerprint density at radius 3 is 2.57 bits per heavy atom. The summed E-state index contributed by atoms with van der Waals surface area (Å²) < 4.78 is 46.3. The number of benzene rings is 1. The molecule has 0 bridgehead atoms. The fraction of sp³-hybridized carbons (Fsp3) is 0.423. The van der Waals surface area contributed by atoms with Crippen molar-refractivity contribution in [2.75, 3.05) is 33.3 Å². The second-order valence-electron chi connectivity index (χ2n) is 8.91. The number of rotatable bonds is 6. The predicted octanol–water partition coefficient (Wildman–Crippen LogP) is 4.92. The lowest BCUT2D eigenvalue weighted by Crippen LogP contribution is -2.46. The molecule has 11 heteroatoms. The molecule has 1 saturated heterocycles. The third-order valence-corrected chi connectivity index (χ3v) is 6.63. The molecule has 0 spiro atoms. The van der Waals surface area contributed by atoms with Gasteiger partial charge in [0.15, 0.2) is 0 Å². The zero-order valence-corrected chi connectivity index (χ0v) is 21.5. The number of hydrogen-bond acceptors (Lipinski definition) is 5. The molecule has 1 aliphatic heterocycles. The number of amides is 1. The maximum absolute atomic E-state index is 13.5. The van der Waals surface area contributed by atoms with E-state index in [0.29, 0.717) is 36.2 Å². The van der Waals surface area contributed by atoms with Gasteiger partial charge in [0.05, 0.1) is 17.9 Å². The lowest BCUT2D eigenvalue weighted by molar-refractivity contribution is -0.137. The van der Waals surface area contributed by atoms with Crippen molar-refractivity contribution in [1.29, 1.82) is 0 Å². The number of alkyl halides is 3. The Hall–Kier alpha value is -3.11. The van der Waals surface area contributed by atoms with E-state index in [2.05, 4.69) is 9.88 Å². The van der Waals surface area contributed by atoms with Gasteiger partial charge in [0.25, 0.3) is 5.56 Å². The maximum Gasteiger partial charge on any atom is 0.416 e. The molecule has 37 heavy (non-hydrogen) atoms. The average Bonchev–Trinajstić information content (AvgIpc) is 2.87. The van der Waals surface area contributed by atoms with Gasteiger partial charge < -0.3 is 14.5 Å². The monoisotopic (exact) mass is 538 g/mol. The number of aromatic nitrogens is 2. The number of piperidine rings is 1. The van der Waals surface area contributed by atoms with E-state index in [1.54, 1.807) is 37.1 Å². The summed E-state index contributed by atoms with van der Waals surface area (Å²) in [7, 11) is 1.75. The van der Waals surface area contributed by atoms with Crippen LogP contribution in [-0.4, -0.2) is 64.8 Å². The number of nitrogens with zero attached hydrogens (tertiary/aromatic N) is 4. The number of halogens is 4. The average molecular weight is 539 g/mol. The van der Waals surface area contributed by atoms with E-state index in [0.717, 1.165) is 38.1 Å². The van der Waals surface area contributed by atoms with Crippen LogP contribution in [0.4, 0.5) is 18.0 Å². The number of ether oxygens (including phenoxy) is 1. The highest BCUT2D eigenvalue weighted by molar-refractivity contribution is 5.85. The summed E-state index contributed by atoms with van der Waals surface area (Å²) in [5.74, 6) is 0. The molecule has 0 unspecified atom stereocenters. The van der Waals surface area contributed by atoms with Crippen molar-refractivity contribution in [3.05, 3.63) is 70.1 Å². The Bertz CT molecular complexity index is 1290. The van der Waals surface area contributed by atoms with Crippen molar-refractivity contribution < 1.29 is 22.7 Å². The Morgan fingerprint density at radius 1 is 1.16 bits per heavy atom. The molecule has 1 aliphatic rings. The number of fused-ring (bicyclic) bond motifs is 1. The summed E-state index contributed by atoms with van der Waals surface area (Å²) in [6.07, 6.45) is -1.29. The highest BCUT2D eigenvalue weighted by Gasteiger charge is 2.31. The van der Waals surface area contributed by atoms with Crippen molar-refractivity contribution in [2.45, 2.75) is 38.4 Å². The van der Waals surface area contributed by atoms with Crippen molar-refractivity contribution in [3.8, 4) is 5.69 Å². The first kappa shape index (κ1) is 28.5. The topological polar surface area (TPSA) is 67.7 Å². The molecule has 1 aromatic carbocycles. The van der Waals surface area contributed by atoms with Crippen molar-refractivity contribution in [1.82, 2.24) is 19.4 Å². The summed E-state index contributed by atoms with van der Waals surface area (Å²) in [6.45, 7) is 4.27. The first-order chi connectivity index (χ1) is 17.2. The molecule has 3 heterocycles. The third-order valence-electron chi connectivity index (χ3n) is 6.63. The van der Waals surface area contributed by atoms with E-state index in [4.69, 9.17) is 4.74 Å². The standard InChI is InChI=1S/C26H29F3N4O3.ClH/c1-3-36-25(35)31(2)21-10-14-32(15-11-21)13-9-19-16-18-6-5-12-30-23(18)33(24(19)34)22-8-4-7-20(17-22)26(27,28)29;/h4-8,12,16-17,21H,3,9-11,13-15H2,1-2H3;1H. The number of carbonyl (C=O) groups excluding carboxylic acids is 1. The van der Waals surface area contributed by atoms with Gasteiger partial charge in [-0.3, -0.25) is 9.36 Å². The third kappa shape index (κ3) is 6.42. The number of likely N-dealkylation sites (tertiary alicyclic amines) is 1. The molecular weight excluding hydrogens is 509 g/mol. The Kier molecular flexibility index (Phi) is 9.20. The van der Waals surface area contributed by atoms with E-state index in [-0.39, 0.29) is 35.8 Å². The molecule has 2 aromatic heterocycles. The van der Waals surface area contributed by atoms with Crippen LogP contribution in [0.2, 0.25) is 0 Å². The molecule has 1 amide bonds. The second kappa shape index (κ2) is 12.0. The smallest absolute Gasteiger partial charge is 0.416 e. The van der Waals surface area contributed by atoms with E-state index in [9.17, 15) is 22.8 Å². The van der Waals surface area contributed by atoms with Gasteiger partial charge in [0.2, 0.25) is 0 Å². The second-order valence-corrected chi connectivity index (χ2v) is 8.91. The lowest BCUT2D eigenvalue weighted by Gasteiger charge is -2.36. The molecule has 1 fully saturated rings. The van der Waals surface area contributed by atoms with Gasteiger partial charge in [-0.05, 0) is 62.6 Å². The van der Waals surface area contributed by atoms with Crippen LogP contribution in [0.15, 0.2) is 53.5 Å². The molecule has 4 rings (SSSR count). The van der Waals surface area contributed by atoms with Crippen LogP contribution in [-0.2, 0) is 17.3 Å². The first-order valence-corrected chi connectivity index (χ1v) is 12.0. The predicted molar refractivity (Wildman–Crippen MR) is 138 cm³/mol. The van der Waals surface area contributed by atoms with Crippen LogP contribution >= 0.6 is 12.4 Å². The van der Waals surface area contributed by atoms with Crippen molar-refractivity contribution >= 4 is 29.5 Å². The van der Waals surface area contributed by atoms with Gasteiger partial charge in [-0.15, -0.1) is 12.4 Å². The van der Waals surface area contributed by atoms with E-state index >= 15 is 0 Å². The highest BCUT2D eigenvalue weighted by atomic mass is 35.5. The maximum atomic E-state index is 13.5. The van der Waals surface area contributed by atoms with E-state index in [1.165, 1.54) is 22.9 Å². The quantitative estimate of drug-likeness (QED) is 0.445. The fourth-order valence-electron chi connectivity index (χ4n) is 4.62. The molecule has 200 valence electrons. The van der Waals surface area contributed by atoms with Crippen LogP contribution in [0.25, 0.3) is 16.7 Å². The molecule has 7 nitrogen and oxygen atoms in total.